The lowest BCUT2D eigenvalue weighted by Gasteiger charge is -2.30. The number of hydrogen-bond donors (Lipinski definition) is 2. The van der Waals surface area contributed by atoms with Gasteiger partial charge in [-0.05, 0) is 75.0 Å². The number of phenolic OH excluding ortho intramolecular Hbond substituents is 1. The number of rotatable bonds is 4. The number of likely N-dealkylation sites (tertiary alicyclic amines) is 1. The van der Waals surface area contributed by atoms with Gasteiger partial charge in [-0.15, -0.1) is 10.2 Å². The molecule has 1 saturated carbocycles. The number of nitrogens with zero attached hydrogens (tertiary/aromatic N) is 3. The van der Waals surface area contributed by atoms with Crippen molar-refractivity contribution < 1.29 is 5.11 Å². The molecule has 2 N–H and O–H groups in total. The zero-order chi connectivity index (χ0) is 20.0. The first-order valence-electron chi connectivity index (χ1n) is 10.3. The number of benzene rings is 2. The van der Waals surface area contributed by atoms with Gasteiger partial charge in [0.15, 0.2) is 5.82 Å². The van der Waals surface area contributed by atoms with Gasteiger partial charge in [-0.3, -0.25) is 0 Å². The van der Waals surface area contributed by atoms with E-state index in [1.807, 2.05) is 18.2 Å². The van der Waals surface area contributed by atoms with E-state index in [1.165, 1.54) is 24.8 Å². The van der Waals surface area contributed by atoms with Gasteiger partial charge in [0.2, 0.25) is 0 Å². The fourth-order valence-corrected chi connectivity index (χ4v) is 4.69. The second-order valence-electron chi connectivity index (χ2n) is 8.38. The van der Waals surface area contributed by atoms with Crippen LogP contribution in [-0.2, 0) is 0 Å². The van der Waals surface area contributed by atoms with E-state index in [0.717, 1.165) is 51.8 Å². The van der Waals surface area contributed by atoms with Gasteiger partial charge >= 0.3 is 0 Å². The molecule has 0 radical (unpaired) electrons. The van der Waals surface area contributed by atoms with E-state index in [2.05, 4.69) is 61.6 Å². The predicted octanol–water partition coefficient (Wildman–Crippen LogP) is 5.15. The first kappa shape index (κ1) is 18.8. The Balaban J connectivity index is 1.56. The third kappa shape index (κ3) is 3.83. The zero-order valence-electron chi connectivity index (χ0n) is 16.5. The van der Waals surface area contributed by atoms with Crippen LogP contribution in [0.5, 0.6) is 5.75 Å². The summed E-state index contributed by atoms with van der Waals surface area (Å²) in [5.74, 6) is 1.69. The van der Waals surface area contributed by atoms with Crippen LogP contribution in [0.4, 0.5) is 5.82 Å². The number of halogens is 1. The highest BCUT2D eigenvalue weighted by atomic mass is 79.9. The third-order valence-electron chi connectivity index (χ3n) is 6.03. The minimum Gasteiger partial charge on any atom is -0.507 e. The largest absolute Gasteiger partial charge is 0.507 e. The highest BCUT2D eigenvalue weighted by Crippen LogP contribution is 2.43. The van der Waals surface area contributed by atoms with Crippen LogP contribution >= 0.6 is 15.9 Å². The van der Waals surface area contributed by atoms with E-state index in [9.17, 15) is 5.11 Å². The van der Waals surface area contributed by atoms with Crippen molar-refractivity contribution in [1.82, 2.24) is 15.1 Å². The van der Waals surface area contributed by atoms with Crippen molar-refractivity contribution in [1.29, 1.82) is 0 Å². The molecule has 1 aliphatic carbocycles. The van der Waals surface area contributed by atoms with Crippen LogP contribution in [-0.4, -0.2) is 46.4 Å². The fourth-order valence-electron chi connectivity index (χ4n) is 4.33. The van der Waals surface area contributed by atoms with Crippen LogP contribution in [0.2, 0.25) is 0 Å². The number of fused-ring (bicyclic) bond motifs is 1. The lowest BCUT2D eigenvalue weighted by molar-refractivity contribution is 0.261. The second-order valence-corrected chi connectivity index (χ2v) is 9.30. The van der Waals surface area contributed by atoms with Gasteiger partial charge in [0.05, 0.1) is 0 Å². The molecule has 1 aromatic heterocycles. The summed E-state index contributed by atoms with van der Waals surface area (Å²) in [6.45, 7) is 2.15. The third-order valence-corrected chi connectivity index (χ3v) is 6.53. The van der Waals surface area contributed by atoms with Gasteiger partial charge in [-0.25, -0.2) is 0 Å². The maximum Gasteiger partial charge on any atom is 0.156 e. The monoisotopic (exact) mass is 452 g/mol. The van der Waals surface area contributed by atoms with Crippen LogP contribution in [0.3, 0.4) is 0 Å². The molecule has 29 heavy (non-hydrogen) atoms. The molecule has 5 nitrogen and oxygen atoms in total. The molecule has 6 heteroatoms. The van der Waals surface area contributed by atoms with Crippen molar-refractivity contribution >= 4 is 32.5 Å². The van der Waals surface area contributed by atoms with Crippen LogP contribution in [0.25, 0.3) is 22.0 Å². The van der Waals surface area contributed by atoms with Gasteiger partial charge in [0.1, 0.15) is 11.4 Å². The molecule has 1 atom stereocenters. The Morgan fingerprint density at radius 2 is 1.93 bits per heavy atom. The molecule has 3 aromatic rings. The molecule has 1 saturated heterocycles. The summed E-state index contributed by atoms with van der Waals surface area (Å²) in [4.78, 5) is 2.35. The summed E-state index contributed by atoms with van der Waals surface area (Å²) in [5.41, 5.74) is 2.67. The number of nitrogens with one attached hydrogen (secondary N) is 1. The Morgan fingerprint density at radius 1 is 1.07 bits per heavy atom. The summed E-state index contributed by atoms with van der Waals surface area (Å²) >= 11 is 3.60. The quantitative estimate of drug-likeness (QED) is 0.572. The van der Waals surface area contributed by atoms with Crippen molar-refractivity contribution in [2.24, 2.45) is 0 Å². The molecule has 1 aliphatic heterocycles. The molecule has 1 unspecified atom stereocenters. The number of aromatic hydroxyl groups is 1. The highest BCUT2D eigenvalue weighted by molar-refractivity contribution is 9.10. The Kier molecular flexibility index (Phi) is 4.92. The molecule has 2 fully saturated rings. The van der Waals surface area contributed by atoms with Gasteiger partial charge in [0.25, 0.3) is 0 Å². The maximum absolute atomic E-state index is 10.7. The molecular weight excluding hydrogens is 428 g/mol. The Bertz CT molecular complexity index is 1070. The smallest absolute Gasteiger partial charge is 0.156 e. The Hall–Kier alpha value is -2.18. The van der Waals surface area contributed by atoms with Crippen LogP contribution in [0, 0.1) is 0 Å². The van der Waals surface area contributed by atoms with Crippen LogP contribution < -0.4 is 5.32 Å². The summed E-state index contributed by atoms with van der Waals surface area (Å²) in [6.07, 6.45) is 4.74. The SMILES string of the molecule is CN1CCCC(Nc2nnc(-c3ccc(C4CC4)cc3O)c3ccc(Br)cc23)C1. The standard InChI is InChI=1S/C23H25BrN4O/c1-28-10-2-3-17(13-28)25-23-20-12-16(24)7-9-18(20)22(26-27-23)19-8-6-15(11-21(19)29)14-4-5-14/h6-9,11-12,14,17,29H,2-5,10,13H2,1H3,(H,25,27). The summed E-state index contributed by atoms with van der Waals surface area (Å²) in [7, 11) is 2.16. The second kappa shape index (κ2) is 7.58. The number of aromatic nitrogens is 2. The molecule has 0 spiro atoms. The van der Waals surface area contributed by atoms with Crippen LogP contribution in [0.15, 0.2) is 40.9 Å². The highest BCUT2D eigenvalue weighted by Gasteiger charge is 2.25. The summed E-state index contributed by atoms with van der Waals surface area (Å²) in [5, 5.41) is 25.4. The average molecular weight is 453 g/mol. The van der Waals surface area contributed by atoms with Gasteiger partial charge in [-0.2, -0.15) is 0 Å². The molecule has 0 bridgehead atoms. The van der Waals surface area contributed by atoms with Gasteiger partial charge in [-0.1, -0.05) is 28.1 Å². The average Bonchev–Trinajstić information content (AvgIpc) is 3.54. The van der Waals surface area contributed by atoms with Crippen molar-refractivity contribution in [3.8, 4) is 17.0 Å². The summed E-state index contributed by atoms with van der Waals surface area (Å²) < 4.78 is 1.00. The Labute approximate surface area is 179 Å². The normalized spacial score (nSPS) is 20.1. The van der Waals surface area contributed by atoms with Crippen molar-refractivity contribution in [2.45, 2.75) is 37.6 Å². The number of likely N-dealkylation sites (N-methyl/N-ethyl adjacent to an activating group) is 1. The molecular formula is C23H25BrN4O. The lowest BCUT2D eigenvalue weighted by Crippen LogP contribution is -2.40. The molecule has 150 valence electrons. The van der Waals surface area contributed by atoms with E-state index in [-0.39, 0.29) is 5.75 Å². The zero-order valence-corrected chi connectivity index (χ0v) is 18.1. The van der Waals surface area contributed by atoms with Crippen molar-refractivity contribution in [2.75, 3.05) is 25.5 Å². The van der Waals surface area contributed by atoms with Crippen LogP contribution in [0.1, 0.15) is 37.2 Å². The Morgan fingerprint density at radius 3 is 2.69 bits per heavy atom. The van der Waals surface area contributed by atoms with E-state index in [0.29, 0.717) is 12.0 Å². The van der Waals surface area contributed by atoms with E-state index >= 15 is 0 Å². The number of piperidine rings is 1. The predicted molar refractivity (Wildman–Crippen MR) is 120 cm³/mol. The van der Waals surface area contributed by atoms with Crippen molar-refractivity contribution in [3.05, 3.63) is 46.4 Å². The van der Waals surface area contributed by atoms with Gasteiger partial charge < -0.3 is 15.3 Å². The number of phenols is 1. The molecule has 2 heterocycles. The first-order chi connectivity index (χ1) is 14.1. The topological polar surface area (TPSA) is 61.3 Å². The van der Waals surface area contributed by atoms with E-state index in [4.69, 9.17) is 0 Å². The number of hydrogen-bond acceptors (Lipinski definition) is 5. The molecule has 0 amide bonds. The maximum atomic E-state index is 10.7. The van der Waals surface area contributed by atoms with E-state index < -0.39 is 0 Å². The molecule has 5 rings (SSSR count). The minimum absolute atomic E-state index is 0.280. The lowest BCUT2D eigenvalue weighted by atomic mass is 10.0. The fraction of sp³-hybridized carbons (Fsp3) is 0.391. The van der Waals surface area contributed by atoms with Gasteiger partial charge in [0, 0.05) is 33.4 Å². The van der Waals surface area contributed by atoms with Crippen molar-refractivity contribution in [3.63, 3.8) is 0 Å². The molecule has 2 aromatic carbocycles. The minimum atomic E-state index is 0.280. The first-order valence-corrected chi connectivity index (χ1v) is 11.1. The summed E-state index contributed by atoms with van der Waals surface area (Å²) in [6, 6.07) is 12.5. The molecule has 2 aliphatic rings. The van der Waals surface area contributed by atoms with E-state index in [1.54, 1.807) is 0 Å². The number of anilines is 1.